The van der Waals surface area contributed by atoms with Crippen LogP contribution in [0.2, 0.25) is 0 Å². The summed E-state index contributed by atoms with van der Waals surface area (Å²) < 4.78 is 4.55. The molecule has 3 rings (SSSR count). The van der Waals surface area contributed by atoms with Crippen LogP contribution in [0.1, 0.15) is 20.2 Å². The van der Waals surface area contributed by atoms with Gasteiger partial charge in [-0.1, -0.05) is 17.4 Å². The molecular weight excluding hydrogens is 310 g/mol. The Morgan fingerprint density at radius 3 is 3.05 bits per heavy atom. The van der Waals surface area contributed by atoms with Gasteiger partial charge in [0.2, 0.25) is 0 Å². The highest BCUT2D eigenvalue weighted by Crippen LogP contribution is 2.29. The molecule has 0 fully saturated rings. The van der Waals surface area contributed by atoms with E-state index in [0.29, 0.717) is 24.6 Å². The minimum absolute atomic E-state index is 0.0477. The highest BCUT2D eigenvalue weighted by Gasteiger charge is 2.25. The van der Waals surface area contributed by atoms with Crippen LogP contribution >= 0.6 is 22.7 Å². The molecule has 0 aromatic carbocycles. The number of nitrogens with zero attached hydrogens (tertiary/aromatic N) is 2. The summed E-state index contributed by atoms with van der Waals surface area (Å²) in [6, 6.07) is 3.71. The maximum absolute atomic E-state index is 12.3. The zero-order valence-corrected chi connectivity index (χ0v) is 12.9. The van der Waals surface area contributed by atoms with Crippen LogP contribution in [-0.2, 0) is 17.7 Å². The zero-order valence-electron chi connectivity index (χ0n) is 11.3. The van der Waals surface area contributed by atoms with Gasteiger partial charge in [0.25, 0.3) is 5.91 Å². The number of nitrogens with one attached hydrogen (secondary N) is 1. The van der Waals surface area contributed by atoms with E-state index in [-0.39, 0.29) is 5.91 Å². The van der Waals surface area contributed by atoms with Gasteiger partial charge in [-0.15, -0.1) is 11.3 Å². The van der Waals surface area contributed by atoms with Crippen molar-refractivity contribution in [3.8, 4) is 0 Å². The minimum atomic E-state index is -0.535. The third kappa shape index (κ3) is 2.91. The van der Waals surface area contributed by atoms with Gasteiger partial charge in [0.15, 0.2) is 5.13 Å². The first-order valence-corrected chi connectivity index (χ1v) is 8.03. The van der Waals surface area contributed by atoms with Gasteiger partial charge in [-0.05, 0) is 11.4 Å². The monoisotopic (exact) mass is 323 g/mol. The Balaban J connectivity index is 1.73. The standard InChI is InChI=1S/C13H13N3O3S2/c1-19-13(18)15-12-14-8-4-5-16(7-10(8)21-12)11(17)9-3-2-6-20-9/h2-3,6H,4-5,7H2,1H3,(H,14,15,18). The molecule has 0 atom stereocenters. The summed E-state index contributed by atoms with van der Waals surface area (Å²) in [5.74, 6) is 0.0477. The molecule has 110 valence electrons. The molecular formula is C13H13N3O3S2. The number of fused-ring (bicyclic) bond motifs is 1. The summed E-state index contributed by atoms with van der Waals surface area (Å²) in [5.41, 5.74) is 0.946. The Labute approximate surface area is 129 Å². The number of hydrogen-bond acceptors (Lipinski definition) is 6. The molecule has 0 radical (unpaired) electrons. The lowest BCUT2D eigenvalue weighted by Gasteiger charge is -2.25. The number of methoxy groups -OCH3 is 1. The molecule has 0 aliphatic carbocycles. The Kier molecular flexibility index (Phi) is 3.89. The first kappa shape index (κ1) is 14.0. The van der Waals surface area contributed by atoms with Crippen molar-refractivity contribution in [2.75, 3.05) is 19.0 Å². The van der Waals surface area contributed by atoms with Gasteiger partial charge in [-0.3, -0.25) is 10.1 Å². The number of amides is 2. The van der Waals surface area contributed by atoms with Gasteiger partial charge in [0.05, 0.1) is 24.2 Å². The van der Waals surface area contributed by atoms with Crippen molar-refractivity contribution < 1.29 is 14.3 Å². The van der Waals surface area contributed by atoms with Gasteiger partial charge in [0, 0.05) is 17.8 Å². The van der Waals surface area contributed by atoms with Crippen LogP contribution in [0, 0.1) is 0 Å². The average molecular weight is 323 g/mol. The molecule has 2 amide bonds. The molecule has 1 N–H and O–H groups in total. The molecule has 6 nitrogen and oxygen atoms in total. The quantitative estimate of drug-likeness (QED) is 0.922. The average Bonchev–Trinajstić information content (AvgIpc) is 3.14. The molecule has 3 heterocycles. The second kappa shape index (κ2) is 5.82. The van der Waals surface area contributed by atoms with E-state index in [1.165, 1.54) is 29.8 Å². The topological polar surface area (TPSA) is 71.5 Å². The predicted molar refractivity (Wildman–Crippen MR) is 80.9 cm³/mol. The fourth-order valence-electron chi connectivity index (χ4n) is 2.12. The molecule has 0 spiro atoms. The Hall–Kier alpha value is -1.93. The van der Waals surface area contributed by atoms with E-state index in [4.69, 9.17) is 0 Å². The van der Waals surface area contributed by atoms with Crippen LogP contribution in [0.15, 0.2) is 17.5 Å². The van der Waals surface area contributed by atoms with E-state index < -0.39 is 6.09 Å². The van der Waals surface area contributed by atoms with Gasteiger partial charge in [-0.25, -0.2) is 9.78 Å². The van der Waals surface area contributed by atoms with Crippen molar-refractivity contribution in [2.45, 2.75) is 13.0 Å². The molecule has 0 bridgehead atoms. The van der Waals surface area contributed by atoms with Gasteiger partial charge in [0.1, 0.15) is 0 Å². The lowest BCUT2D eigenvalue weighted by Crippen LogP contribution is -2.35. The molecule has 0 saturated carbocycles. The lowest BCUT2D eigenvalue weighted by atomic mass is 10.2. The van der Waals surface area contributed by atoms with E-state index in [2.05, 4.69) is 15.0 Å². The zero-order chi connectivity index (χ0) is 14.8. The number of ether oxygens (including phenoxy) is 1. The lowest BCUT2D eigenvalue weighted by molar-refractivity contribution is 0.0741. The largest absolute Gasteiger partial charge is 0.453 e. The van der Waals surface area contributed by atoms with Gasteiger partial charge < -0.3 is 9.64 Å². The van der Waals surface area contributed by atoms with E-state index in [0.717, 1.165) is 15.4 Å². The predicted octanol–water partition coefficient (Wildman–Crippen LogP) is 2.58. The highest BCUT2D eigenvalue weighted by molar-refractivity contribution is 7.15. The van der Waals surface area contributed by atoms with Gasteiger partial charge in [-0.2, -0.15) is 0 Å². The summed E-state index contributed by atoms with van der Waals surface area (Å²) in [4.78, 5) is 31.5. The van der Waals surface area contributed by atoms with Crippen LogP contribution in [-0.4, -0.2) is 35.5 Å². The molecule has 8 heteroatoms. The second-order valence-corrected chi connectivity index (χ2v) is 6.49. The molecule has 0 saturated heterocycles. The fraction of sp³-hybridized carbons (Fsp3) is 0.308. The van der Waals surface area contributed by atoms with Crippen molar-refractivity contribution in [1.82, 2.24) is 9.88 Å². The summed E-state index contributed by atoms with van der Waals surface area (Å²) in [6.07, 6.45) is 0.166. The molecule has 2 aromatic rings. The third-order valence-electron chi connectivity index (χ3n) is 3.14. The molecule has 21 heavy (non-hydrogen) atoms. The summed E-state index contributed by atoms with van der Waals surface area (Å²) >= 11 is 2.83. The second-order valence-electron chi connectivity index (χ2n) is 4.46. The molecule has 2 aromatic heterocycles. The van der Waals surface area contributed by atoms with Crippen molar-refractivity contribution in [2.24, 2.45) is 0 Å². The highest BCUT2D eigenvalue weighted by atomic mass is 32.1. The number of hydrogen-bond donors (Lipinski definition) is 1. The van der Waals surface area contributed by atoms with Crippen molar-refractivity contribution in [3.05, 3.63) is 33.0 Å². The number of carbonyl (C=O) groups is 2. The smallest absolute Gasteiger partial charge is 0.413 e. The number of carbonyl (C=O) groups excluding carboxylic acids is 2. The number of thiophene rings is 1. The Morgan fingerprint density at radius 2 is 2.33 bits per heavy atom. The maximum Gasteiger partial charge on any atom is 0.413 e. The number of thiazole rings is 1. The van der Waals surface area contributed by atoms with Crippen LogP contribution < -0.4 is 5.32 Å². The Morgan fingerprint density at radius 1 is 1.48 bits per heavy atom. The van der Waals surface area contributed by atoms with Gasteiger partial charge >= 0.3 is 6.09 Å². The first-order valence-electron chi connectivity index (χ1n) is 6.33. The third-order valence-corrected chi connectivity index (χ3v) is 5.00. The SMILES string of the molecule is COC(=O)Nc1nc2c(s1)CN(C(=O)c1cccs1)CC2. The van der Waals surface area contributed by atoms with Crippen molar-refractivity contribution in [1.29, 1.82) is 0 Å². The van der Waals surface area contributed by atoms with E-state index in [1.54, 1.807) is 0 Å². The number of aromatic nitrogens is 1. The van der Waals surface area contributed by atoms with E-state index >= 15 is 0 Å². The molecule has 1 aliphatic heterocycles. The first-order chi connectivity index (χ1) is 10.2. The fourth-order valence-corrected chi connectivity index (χ4v) is 3.82. The maximum atomic E-state index is 12.3. The van der Waals surface area contributed by atoms with Crippen LogP contribution in [0.3, 0.4) is 0 Å². The molecule has 0 unspecified atom stereocenters. The Bertz CT molecular complexity index is 666. The normalized spacial score (nSPS) is 13.7. The summed E-state index contributed by atoms with van der Waals surface area (Å²) in [5, 5.41) is 4.97. The van der Waals surface area contributed by atoms with Crippen LogP contribution in [0.25, 0.3) is 0 Å². The number of anilines is 1. The van der Waals surface area contributed by atoms with Crippen molar-refractivity contribution >= 4 is 39.8 Å². The molecule has 1 aliphatic rings. The summed E-state index contributed by atoms with van der Waals surface area (Å²) in [7, 11) is 1.31. The van der Waals surface area contributed by atoms with Crippen LogP contribution in [0.5, 0.6) is 0 Å². The van der Waals surface area contributed by atoms with Crippen molar-refractivity contribution in [3.63, 3.8) is 0 Å². The summed E-state index contributed by atoms with van der Waals surface area (Å²) in [6.45, 7) is 1.18. The van der Waals surface area contributed by atoms with E-state index in [9.17, 15) is 9.59 Å². The minimum Gasteiger partial charge on any atom is -0.453 e. The van der Waals surface area contributed by atoms with E-state index in [1.807, 2.05) is 22.4 Å². The van der Waals surface area contributed by atoms with Crippen LogP contribution in [0.4, 0.5) is 9.93 Å². The number of rotatable bonds is 2.